The number of rotatable bonds is 6. The van der Waals surface area contributed by atoms with Crippen LogP contribution in [0.25, 0.3) is 0 Å². The first-order chi connectivity index (χ1) is 18.6. The average molecular weight is 557 g/mol. The molecule has 6 aliphatic rings. The van der Waals surface area contributed by atoms with Gasteiger partial charge in [0.1, 0.15) is 0 Å². The number of aliphatic hydroxyl groups is 1. The summed E-state index contributed by atoms with van der Waals surface area (Å²) in [5.74, 6) is 1.08. The molecule has 2 spiro atoms. The van der Waals surface area contributed by atoms with Crippen LogP contribution in [0.15, 0.2) is 6.07 Å². The summed E-state index contributed by atoms with van der Waals surface area (Å²) in [6.45, 7) is 15.0. The maximum atomic E-state index is 13.4. The maximum absolute atomic E-state index is 13.4. The second-order valence-electron chi connectivity index (χ2n) is 13.7. The lowest BCUT2D eigenvalue weighted by atomic mass is 9.48. The van der Waals surface area contributed by atoms with Crippen LogP contribution in [0.4, 0.5) is 4.79 Å². The Bertz CT molecular complexity index is 1190. The lowest BCUT2D eigenvalue weighted by molar-refractivity contribution is -0.296. The molecular formula is C30H44N2O6Si. The van der Waals surface area contributed by atoms with E-state index in [2.05, 4.69) is 30.6 Å². The van der Waals surface area contributed by atoms with Gasteiger partial charge in [0.2, 0.25) is 5.79 Å². The molecule has 2 saturated carbocycles. The smallest absolute Gasteiger partial charge is 0.415 e. The molecular weight excluding hydrogens is 512 g/mol. The standard InChI is InChI=1S/C30H44N2O6Si/c1-6-31(7-2)27(33)38-24-21(39(3,4)5)16-20-17-22-29(34)10-11-30(35-14-15-36-30)26-28(29,23(20)25(24)37-26)12-13-32(22)18-19-8-9-19/h16,19,22,26,34H,6-15,17-18H2,1-5H3/t22-,26-,28+,29-/m1/s1. The zero-order valence-corrected chi connectivity index (χ0v) is 25.2. The largest absolute Gasteiger partial charge is 0.479 e. The summed E-state index contributed by atoms with van der Waals surface area (Å²) in [7, 11) is -1.97. The van der Waals surface area contributed by atoms with Gasteiger partial charge in [-0.1, -0.05) is 25.7 Å². The number of hydrogen-bond donors (Lipinski definition) is 1. The summed E-state index contributed by atoms with van der Waals surface area (Å²) in [5, 5.41) is 14.0. The fourth-order valence-electron chi connectivity index (χ4n) is 8.56. The minimum atomic E-state index is -1.97. The number of nitrogens with zero attached hydrogens (tertiary/aromatic N) is 2. The predicted molar refractivity (Wildman–Crippen MR) is 150 cm³/mol. The monoisotopic (exact) mass is 556 g/mol. The summed E-state index contributed by atoms with van der Waals surface area (Å²) >= 11 is 0. The van der Waals surface area contributed by atoms with Crippen molar-refractivity contribution in [2.75, 3.05) is 39.4 Å². The summed E-state index contributed by atoms with van der Waals surface area (Å²) < 4.78 is 26.1. The third-order valence-corrected chi connectivity index (χ3v) is 12.6. The number of hydrogen-bond acceptors (Lipinski definition) is 7. The molecule has 0 radical (unpaired) electrons. The molecule has 1 amide bonds. The molecule has 8 nitrogen and oxygen atoms in total. The van der Waals surface area contributed by atoms with E-state index >= 15 is 0 Å². The normalized spacial score (nSPS) is 34.1. The molecule has 2 bridgehead atoms. The molecule has 4 fully saturated rings. The SMILES string of the molecule is CCN(CC)C(=O)Oc1c([Si](C)(C)C)cc2c3c1O[C@H]1C4(CC[C@@]5(O)[C@@H](C2)N(CC2CC2)CC[C@]315)OCCO4. The third-order valence-electron chi connectivity index (χ3n) is 10.7. The van der Waals surface area contributed by atoms with E-state index < -0.39 is 31.0 Å². The van der Waals surface area contributed by atoms with Gasteiger partial charge >= 0.3 is 6.09 Å². The number of carbonyl (C=O) groups excluding carboxylic acids is 1. The molecule has 7 rings (SSSR count). The molecule has 3 heterocycles. The number of ether oxygens (including phenoxy) is 4. The maximum Gasteiger partial charge on any atom is 0.415 e. The molecule has 0 aromatic heterocycles. The van der Waals surface area contributed by atoms with E-state index in [0.29, 0.717) is 50.6 Å². The molecule has 4 atom stereocenters. The van der Waals surface area contributed by atoms with Gasteiger partial charge in [-0.15, -0.1) is 0 Å². The molecule has 1 aromatic rings. The first kappa shape index (κ1) is 26.3. The minimum absolute atomic E-state index is 0.0358. The topological polar surface area (TPSA) is 80.7 Å². The number of amides is 1. The van der Waals surface area contributed by atoms with Crippen molar-refractivity contribution in [3.05, 3.63) is 17.2 Å². The average Bonchev–Trinajstić information content (AvgIpc) is 3.44. The summed E-state index contributed by atoms with van der Waals surface area (Å²) in [5.41, 5.74) is 0.694. The van der Waals surface area contributed by atoms with Crippen LogP contribution in [0.1, 0.15) is 57.1 Å². The first-order valence-electron chi connectivity index (χ1n) is 15.2. The van der Waals surface area contributed by atoms with Crippen molar-refractivity contribution < 1.29 is 28.8 Å². The molecule has 9 heteroatoms. The van der Waals surface area contributed by atoms with Crippen LogP contribution in [0.2, 0.25) is 19.6 Å². The Morgan fingerprint density at radius 1 is 1.15 bits per heavy atom. The zero-order valence-electron chi connectivity index (χ0n) is 24.2. The van der Waals surface area contributed by atoms with Crippen molar-refractivity contribution in [3.63, 3.8) is 0 Å². The van der Waals surface area contributed by atoms with Gasteiger partial charge in [0.05, 0.1) is 32.3 Å². The Labute approximate surface area is 232 Å². The first-order valence-corrected chi connectivity index (χ1v) is 18.7. The second kappa shape index (κ2) is 8.68. The Hall–Kier alpha value is -1.65. The molecule has 1 N–H and O–H groups in total. The van der Waals surface area contributed by atoms with E-state index in [4.69, 9.17) is 18.9 Å². The van der Waals surface area contributed by atoms with Crippen molar-refractivity contribution in [1.82, 2.24) is 9.80 Å². The number of benzene rings is 1. The Balaban J connectivity index is 1.44. The minimum Gasteiger partial charge on any atom is -0.479 e. The summed E-state index contributed by atoms with van der Waals surface area (Å²) in [4.78, 5) is 17.6. The van der Waals surface area contributed by atoms with E-state index in [9.17, 15) is 9.90 Å². The van der Waals surface area contributed by atoms with Crippen molar-refractivity contribution in [1.29, 1.82) is 0 Å². The number of likely N-dealkylation sites (tertiary alicyclic amines) is 1. The molecule has 1 aromatic carbocycles. The van der Waals surface area contributed by atoms with Gasteiger partial charge in [-0.25, -0.2) is 4.79 Å². The third kappa shape index (κ3) is 3.52. The molecule has 0 unspecified atom stereocenters. The van der Waals surface area contributed by atoms with Gasteiger partial charge in [-0.05, 0) is 69.2 Å². The van der Waals surface area contributed by atoms with Crippen LogP contribution in [0.3, 0.4) is 0 Å². The quantitative estimate of drug-likeness (QED) is 0.538. The highest BCUT2D eigenvalue weighted by Crippen LogP contribution is 2.68. The Morgan fingerprint density at radius 2 is 1.87 bits per heavy atom. The van der Waals surface area contributed by atoms with E-state index in [-0.39, 0.29) is 12.1 Å². The zero-order chi connectivity index (χ0) is 27.4. The van der Waals surface area contributed by atoms with Gasteiger partial charge < -0.3 is 29.0 Å². The van der Waals surface area contributed by atoms with Crippen LogP contribution in [0, 0.1) is 5.92 Å². The van der Waals surface area contributed by atoms with Gasteiger partial charge in [0, 0.05) is 37.7 Å². The number of fused-ring (bicyclic) bond motifs is 1. The van der Waals surface area contributed by atoms with Crippen molar-refractivity contribution in [3.8, 4) is 11.5 Å². The van der Waals surface area contributed by atoms with Crippen molar-refractivity contribution in [2.45, 2.75) is 101 Å². The number of piperidine rings is 1. The van der Waals surface area contributed by atoms with E-state index in [1.807, 2.05) is 13.8 Å². The highest BCUT2D eigenvalue weighted by molar-refractivity contribution is 6.89. The van der Waals surface area contributed by atoms with E-state index in [0.717, 1.165) is 42.6 Å². The van der Waals surface area contributed by atoms with Crippen LogP contribution in [-0.2, 0) is 21.3 Å². The second-order valence-corrected chi connectivity index (χ2v) is 18.8. The Morgan fingerprint density at radius 3 is 2.51 bits per heavy atom. The van der Waals surface area contributed by atoms with Crippen LogP contribution in [0.5, 0.6) is 11.5 Å². The highest BCUT2D eigenvalue weighted by Gasteiger charge is 2.77. The van der Waals surface area contributed by atoms with Crippen molar-refractivity contribution in [2.24, 2.45) is 5.92 Å². The van der Waals surface area contributed by atoms with Gasteiger partial charge in [0.25, 0.3) is 0 Å². The molecule has 3 aliphatic carbocycles. The van der Waals surface area contributed by atoms with Crippen LogP contribution in [-0.4, -0.2) is 92.0 Å². The van der Waals surface area contributed by atoms with E-state index in [1.165, 1.54) is 18.4 Å². The lowest BCUT2D eigenvalue weighted by Crippen LogP contribution is -2.79. The van der Waals surface area contributed by atoms with Crippen molar-refractivity contribution >= 4 is 19.4 Å². The molecule has 2 saturated heterocycles. The fraction of sp³-hybridized carbons (Fsp3) is 0.767. The van der Waals surface area contributed by atoms with E-state index in [1.54, 1.807) is 4.90 Å². The number of carbonyl (C=O) groups is 1. The van der Waals surface area contributed by atoms with Crippen LogP contribution >= 0.6 is 0 Å². The molecule has 3 aliphatic heterocycles. The summed E-state index contributed by atoms with van der Waals surface area (Å²) in [6.07, 6.45) is 4.55. The predicted octanol–water partition coefficient (Wildman–Crippen LogP) is 3.38. The van der Waals surface area contributed by atoms with Crippen LogP contribution < -0.4 is 14.7 Å². The van der Waals surface area contributed by atoms with Gasteiger partial charge in [0.15, 0.2) is 17.6 Å². The van der Waals surface area contributed by atoms with Gasteiger partial charge in [-0.2, -0.15) is 0 Å². The highest BCUT2D eigenvalue weighted by atomic mass is 28.3. The molecule has 39 heavy (non-hydrogen) atoms. The summed E-state index contributed by atoms with van der Waals surface area (Å²) in [6, 6.07) is 2.35. The molecule has 214 valence electrons. The fourth-order valence-corrected chi connectivity index (χ4v) is 10.0. The lowest BCUT2D eigenvalue weighted by Gasteiger charge is -2.65. The Kier molecular flexibility index (Phi) is 5.84. The van der Waals surface area contributed by atoms with Gasteiger partial charge in [-0.3, -0.25) is 4.90 Å².